The van der Waals surface area contributed by atoms with Crippen LogP contribution in [0.5, 0.6) is 5.75 Å². The molecular weight excluding hydrogens is 479 g/mol. The number of aliphatic imine (C=N–C) groups is 1. The van der Waals surface area contributed by atoms with Crippen molar-refractivity contribution in [2.45, 2.75) is 40.2 Å². The number of amides is 1. The van der Waals surface area contributed by atoms with Crippen LogP contribution in [0.15, 0.2) is 29.3 Å². The number of ether oxygens (including phenoxy) is 1. The third-order valence-corrected chi connectivity index (χ3v) is 4.90. The molecule has 1 atom stereocenters. The average molecular weight is 516 g/mol. The Kier molecular flexibility index (Phi) is 11.4. The molecule has 0 radical (unpaired) electrons. The fourth-order valence-corrected chi connectivity index (χ4v) is 3.48. The molecule has 29 heavy (non-hydrogen) atoms. The number of likely N-dealkylation sites (tertiary alicyclic amines) is 1. The van der Waals surface area contributed by atoms with Crippen molar-refractivity contribution in [1.82, 2.24) is 15.1 Å². The molecule has 7 heteroatoms. The highest BCUT2D eigenvalue weighted by Gasteiger charge is 2.25. The Morgan fingerprint density at radius 1 is 1.38 bits per heavy atom. The first-order valence-electron chi connectivity index (χ1n) is 10.3. The van der Waals surface area contributed by atoms with Crippen LogP contribution < -0.4 is 10.1 Å². The van der Waals surface area contributed by atoms with E-state index in [0.29, 0.717) is 12.3 Å². The van der Waals surface area contributed by atoms with Gasteiger partial charge in [-0.25, -0.2) is 4.99 Å². The topological polar surface area (TPSA) is 57.2 Å². The van der Waals surface area contributed by atoms with Gasteiger partial charge in [0.2, 0.25) is 0 Å². The number of guanidine groups is 1. The molecule has 1 amide bonds. The van der Waals surface area contributed by atoms with Gasteiger partial charge in [-0.1, -0.05) is 26.0 Å². The van der Waals surface area contributed by atoms with Gasteiger partial charge in [0.05, 0.1) is 6.54 Å². The minimum Gasteiger partial charge on any atom is -0.484 e. The number of benzene rings is 1. The molecule has 0 spiro atoms. The summed E-state index contributed by atoms with van der Waals surface area (Å²) in [5.74, 6) is 3.14. The highest BCUT2D eigenvalue weighted by molar-refractivity contribution is 14.0. The van der Waals surface area contributed by atoms with Crippen LogP contribution in [0.25, 0.3) is 0 Å². The largest absolute Gasteiger partial charge is 0.484 e. The van der Waals surface area contributed by atoms with Crippen molar-refractivity contribution < 1.29 is 9.53 Å². The van der Waals surface area contributed by atoms with Crippen molar-refractivity contribution in [2.75, 3.05) is 40.3 Å². The maximum Gasteiger partial charge on any atom is 0.259 e. The highest BCUT2D eigenvalue weighted by Crippen LogP contribution is 2.23. The Bertz CT molecular complexity index is 664. The summed E-state index contributed by atoms with van der Waals surface area (Å²) >= 11 is 0. The number of carbonyl (C=O) groups excluding carboxylic acids is 1. The van der Waals surface area contributed by atoms with Gasteiger partial charge in [-0.2, -0.15) is 0 Å². The zero-order valence-corrected chi connectivity index (χ0v) is 20.8. The highest BCUT2D eigenvalue weighted by atomic mass is 127. The second-order valence-corrected chi connectivity index (χ2v) is 8.12. The van der Waals surface area contributed by atoms with Gasteiger partial charge in [0.15, 0.2) is 12.6 Å². The summed E-state index contributed by atoms with van der Waals surface area (Å²) in [4.78, 5) is 20.4. The number of hydrogen-bond acceptors (Lipinski definition) is 3. The molecule has 164 valence electrons. The number of nitrogens with zero attached hydrogens (tertiary/aromatic N) is 3. The number of nitrogens with one attached hydrogen (secondary N) is 1. The van der Waals surface area contributed by atoms with E-state index in [0.717, 1.165) is 43.0 Å². The molecule has 1 aromatic carbocycles. The zero-order chi connectivity index (χ0) is 20.5. The summed E-state index contributed by atoms with van der Waals surface area (Å²) in [6.07, 6.45) is 2.52. The van der Waals surface area contributed by atoms with Gasteiger partial charge >= 0.3 is 0 Å². The van der Waals surface area contributed by atoms with Crippen LogP contribution in [0.4, 0.5) is 0 Å². The van der Waals surface area contributed by atoms with E-state index < -0.39 is 0 Å². The molecular formula is C22H37IN4O2. The smallest absolute Gasteiger partial charge is 0.259 e. The van der Waals surface area contributed by atoms with E-state index >= 15 is 0 Å². The average Bonchev–Trinajstić information content (AvgIpc) is 3.11. The first-order chi connectivity index (χ1) is 13.4. The van der Waals surface area contributed by atoms with Crippen molar-refractivity contribution >= 4 is 35.8 Å². The molecule has 2 rings (SSSR count). The summed E-state index contributed by atoms with van der Waals surface area (Å²) in [5.41, 5.74) is 1.07. The van der Waals surface area contributed by atoms with Gasteiger partial charge in [-0.15, -0.1) is 24.0 Å². The molecule has 0 saturated carbocycles. The van der Waals surface area contributed by atoms with Gasteiger partial charge in [0.1, 0.15) is 5.75 Å². The molecule has 1 aliphatic heterocycles. The maximum atomic E-state index is 11.7. The van der Waals surface area contributed by atoms with Crippen LogP contribution in [-0.2, 0) is 11.3 Å². The molecule has 0 aromatic heterocycles. The Hall–Kier alpha value is -1.51. The Morgan fingerprint density at radius 2 is 2.14 bits per heavy atom. The van der Waals surface area contributed by atoms with E-state index in [4.69, 9.17) is 9.73 Å². The molecule has 1 unspecified atom stereocenters. The van der Waals surface area contributed by atoms with Crippen LogP contribution in [-0.4, -0.2) is 62.0 Å². The van der Waals surface area contributed by atoms with Crippen LogP contribution in [0.2, 0.25) is 0 Å². The summed E-state index contributed by atoms with van der Waals surface area (Å²) in [6, 6.07) is 7.82. The number of halogens is 1. The van der Waals surface area contributed by atoms with Crippen molar-refractivity contribution in [3.05, 3.63) is 29.8 Å². The van der Waals surface area contributed by atoms with E-state index in [-0.39, 0.29) is 36.5 Å². The molecule has 1 aliphatic rings. The second-order valence-electron chi connectivity index (χ2n) is 8.12. The second kappa shape index (κ2) is 12.9. The number of likely N-dealkylation sites (N-methyl/N-ethyl adjacent to an activating group) is 1. The van der Waals surface area contributed by atoms with Gasteiger partial charge in [0.25, 0.3) is 5.91 Å². The van der Waals surface area contributed by atoms with Crippen LogP contribution in [0, 0.1) is 11.8 Å². The van der Waals surface area contributed by atoms with Crippen molar-refractivity contribution in [3.8, 4) is 5.75 Å². The van der Waals surface area contributed by atoms with Crippen LogP contribution >= 0.6 is 24.0 Å². The minimum atomic E-state index is -0.0529. The molecule has 1 N–H and O–H groups in total. The fourth-order valence-electron chi connectivity index (χ4n) is 3.48. The van der Waals surface area contributed by atoms with Gasteiger partial charge < -0.3 is 19.9 Å². The molecule has 0 aliphatic carbocycles. The lowest BCUT2D eigenvalue weighted by molar-refractivity contribution is -0.130. The quantitative estimate of drug-likeness (QED) is 0.326. The Balaban J connectivity index is 0.00000420. The summed E-state index contributed by atoms with van der Waals surface area (Å²) in [6.45, 7) is 10.3. The molecule has 1 fully saturated rings. The van der Waals surface area contributed by atoms with Gasteiger partial charge in [0, 0.05) is 33.7 Å². The molecule has 6 nitrogen and oxygen atoms in total. The number of hydrogen-bond donors (Lipinski definition) is 1. The standard InChI is InChI=1S/C22H36N4O2.HI/c1-6-23-22(26-11-10-19(15-26)12-17(2)3)24-14-18-8-7-9-20(13-18)28-16-21(27)25(4)5;/h7-9,13,17,19H,6,10-12,14-16H2,1-5H3,(H,23,24);1H. The van der Waals surface area contributed by atoms with E-state index in [2.05, 4.69) is 31.0 Å². The molecule has 1 aromatic rings. The summed E-state index contributed by atoms with van der Waals surface area (Å²) < 4.78 is 5.61. The van der Waals surface area contributed by atoms with Gasteiger partial charge in [-0.3, -0.25) is 4.79 Å². The van der Waals surface area contributed by atoms with E-state index in [1.807, 2.05) is 24.3 Å². The zero-order valence-electron chi connectivity index (χ0n) is 18.5. The van der Waals surface area contributed by atoms with Gasteiger partial charge in [-0.05, 0) is 49.3 Å². The molecule has 1 saturated heterocycles. The lowest BCUT2D eigenvalue weighted by atomic mass is 9.97. The van der Waals surface area contributed by atoms with Crippen LogP contribution in [0.1, 0.15) is 39.2 Å². The normalized spacial score (nSPS) is 16.6. The molecule has 0 bridgehead atoms. The van der Waals surface area contributed by atoms with Crippen LogP contribution in [0.3, 0.4) is 0 Å². The number of rotatable bonds is 8. The third kappa shape index (κ3) is 8.80. The van der Waals surface area contributed by atoms with Crippen molar-refractivity contribution in [2.24, 2.45) is 16.8 Å². The lowest BCUT2D eigenvalue weighted by Gasteiger charge is -2.22. The predicted octanol–water partition coefficient (Wildman–Crippen LogP) is 3.61. The summed E-state index contributed by atoms with van der Waals surface area (Å²) in [7, 11) is 3.45. The van der Waals surface area contributed by atoms with E-state index in [9.17, 15) is 4.79 Å². The SMILES string of the molecule is CCNC(=NCc1cccc(OCC(=O)N(C)C)c1)N1CCC(CC(C)C)C1.I. The maximum absolute atomic E-state index is 11.7. The Morgan fingerprint density at radius 3 is 2.79 bits per heavy atom. The monoisotopic (exact) mass is 516 g/mol. The lowest BCUT2D eigenvalue weighted by Crippen LogP contribution is -2.40. The van der Waals surface area contributed by atoms with E-state index in [1.165, 1.54) is 17.7 Å². The fraction of sp³-hybridized carbons (Fsp3) is 0.636. The number of carbonyl (C=O) groups is 1. The first-order valence-corrected chi connectivity index (χ1v) is 10.3. The summed E-state index contributed by atoms with van der Waals surface area (Å²) in [5, 5.41) is 3.43. The Labute approximate surface area is 193 Å². The predicted molar refractivity (Wildman–Crippen MR) is 130 cm³/mol. The molecule has 1 heterocycles. The van der Waals surface area contributed by atoms with Crippen molar-refractivity contribution in [1.29, 1.82) is 0 Å². The third-order valence-electron chi connectivity index (χ3n) is 4.90. The van der Waals surface area contributed by atoms with Crippen molar-refractivity contribution in [3.63, 3.8) is 0 Å². The minimum absolute atomic E-state index is 0. The van der Waals surface area contributed by atoms with E-state index in [1.54, 1.807) is 14.1 Å². The first kappa shape index (κ1) is 25.5.